The average molecular weight is 1280 g/mol. The molecule has 0 aliphatic carbocycles. The lowest BCUT2D eigenvalue weighted by molar-refractivity contribution is -0.144. The van der Waals surface area contributed by atoms with Crippen molar-refractivity contribution in [2.24, 2.45) is 33.7 Å². The van der Waals surface area contributed by atoms with E-state index in [9.17, 15) is 97.8 Å². The Labute approximate surface area is 518 Å². The summed E-state index contributed by atoms with van der Waals surface area (Å²) in [6, 6.07) is -0.135. The normalized spacial score (nSPS) is 13.7. The van der Waals surface area contributed by atoms with Gasteiger partial charge in [0.2, 0.25) is 65.0 Å². The molecular weight excluding hydrogens is 1200 g/mol. The number of hydrogen-bond acceptors (Lipinski definition) is 19. The van der Waals surface area contributed by atoms with Crippen molar-refractivity contribution in [2.75, 3.05) is 13.1 Å². The minimum atomic E-state index is -1.99. The summed E-state index contributed by atoms with van der Waals surface area (Å²) in [5, 5.41) is 79.7. The maximum atomic E-state index is 14.6. The van der Waals surface area contributed by atoms with E-state index in [1.165, 1.54) is 72.8 Å². The highest BCUT2D eigenvalue weighted by atomic mass is 16.4. The van der Waals surface area contributed by atoms with E-state index < -0.39 is 195 Å². The smallest absolute Gasteiger partial charge is 0.326 e. The second kappa shape index (κ2) is 36.9. The highest BCUT2D eigenvalue weighted by Crippen LogP contribution is 2.16. The third kappa shape index (κ3) is 27.6. The highest BCUT2D eigenvalue weighted by molar-refractivity contribution is 6.00. The second-order valence-corrected chi connectivity index (χ2v) is 20.6. The van der Waals surface area contributed by atoms with Crippen LogP contribution in [0.15, 0.2) is 77.8 Å². The van der Waals surface area contributed by atoms with E-state index in [1.807, 2.05) is 0 Å². The van der Waals surface area contributed by atoms with Crippen molar-refractivity contribution < 1.29 is 97.8 Å². The number of amides is 11. The fraction of sp³-hybridized carbons (Fsp3) is 0.411. The molecule has 9 atom stereocenters. The lowest BCUT2D eigenvalue weighted by atomic mass is 10.0. The first-order chi connectivity index (χ1) is 42.8. The molecule has 3 aromatic rings. The fourth-order valence-electron chi connectivity index (χ4n) is 8.44. The molecule has 0 aromatic heterocycles. The van der Waals surface area contributed by atoms with Gasteiger partial charge in [0.25, 0.3) is 0 Å². The highest BCUT2D eigenvalue weighted by Gasteiger charge is 2.36. The van der Waals surface area contributed by atoms with E-state index in [-0.39, 0.29) is 60.1 Å². The minimum absolute atomic E-state index is 0.0299. The molecule has 0 heterocycles. The van der Waals surface area contributed by atoms with Gasteiger partial charge in [0, 0.05) is 38.6 Å². The number of nitrogens with two attached hydrogens (primary N) is 5. The van der Waals surface area contributed by atoms with Gasteiger partial charge in [-0.25, -0.2) is 4.79 Å². The topological polar surface area (TPSA) is 611 Å². The molecule has 11 amide bonds. The van der Waals surface area contributed by atoms with Gasteiger partial charge >= 0.3 is 17.9 Å². The molecule has 0 aliphatic heterocycles. The van der Waals surface area contributed by atoms with Crippen LogP contribution in [0.25, 0.3) is 0 Å². The standard InChI is InChI=1S/C56H75N15O20/c1-27(63-50(85)40(24-43(59)76)70-51(86)37(64-44(77)26-57)21-28-4-10-31(72)11-5-28)47(82)65-34(16-18-42(58)75)48(83)66-35(17-19-45(78)79)49(84)68-38(22-29-6-12-32(73)13-7-29)52(87)69-39(23-30-8-14-33(74)15-9-30)53(88)71-41(25-46(80)81)54(89)67-36(55(90)91)3-2-20-62-56(60)61/h4-15,27,34-41,72-74H,2-3,16-26,57H2,1H3,(H2,58,75)(H2,59,76)(H,63,85)(H,64,77)(H,65,82)(H,66,83)(H,67,89)(H,68,84)(H,69,87)(H,70,86)(H,71,88)(H,78,79)(H,80,81)(H,90,91)(H4,60,61,62)/t27-,34-,35-,36-,37-,38-,39-,40-,41-/m0/s1. The van der Waals surface area contributed by atoms with Crippen molar-refractivity contribution in [1.29, 1.82) is 0 Å². The summed E-state index contributed by atoms with van der Waals surface area (Å²) in [5.74, 6) is -18.0. The van der Waals surface area contributed by atoms with Crippen molar-refractivity contribution in [3.63, 3.8) is 0 Å². The van der Waals surface area contributed by atoms with E-state index in [4.69, 9.17) is 28.7 Å². The Hall–Kier alpha value is -11.1. The molecule has 25 N–H and O–H groups in total. The number of aliphatic imine (C=N–C) groups is 1. The van der Waals surface area contributed by atoms with Crippen LogP contribution in [-0.4, -0.2) is 187 Å². The first-order valence-corrected chi connectivity index (χ1v) is 27.9. The van der Waals surface area contributed by atoms with Crippen molar-refractivity contribution in [2.45, 2.75) is 132 Å². The molecule has 35 nitrogen and oxygen atoms in total. The van der Waals surface area contributed by atoms with Crippen molar-refractivity contribution in [3.8, 4) is 17.2 Å². The number of guanidine groups is 1. The van der Waals surface area contributed by atoms with Gasteiger partial charge in [-0.05, 0) is 85.7 Å². The monoisotopic (exact) mass is 1280 g/mol. The van der Waals surface area contributed by atoms with Gasteiger partial charge in [-0.3, -0.25) is 67.3 Å². The Morgan fingerprint density at radius 3 is 1.14 bits per heavy atom. The van der Waals surface area contributed by atoms with Crippen LogP contribution in [0.1, 0.15) is 75.0 Å². The molecule has 0 saturated heterocycles. The predicted molar refractivity (Wildman–Crippen MR) is 316 cm³/mol. The fourth-order valence-corrected chi connectivity index (χ4v) is 8.44. The number of hydrogen-bond donors (Lipinski definition) is 20. The van der Waals surface area contributed by atoms with E-state index in [0.29, 0.717) is 5.56 Å². The lowest BCUT2D eigenvalue weighted by Gasteiger charge is -2.28. The quantitative estimate of drug-likeness (QED) is 0.0144. The predicted octanol–water partition coefficient (Wildman–Crippen LogP) is -6.21. The SMILES string of the molecule is C[C@H](NC(=O)[C@H](CC(N)=O)NC(=O)[C@H](Cc1ccc(O)cc1)NC(=O)CN)C(=O)N[C@@H](CCC(N)=O)C(=O)N[C@@H](CCC(=O)O)C(=O)N[C@@H](Cc1ccc(O)cc1)C(=O)N[C@@H](Cc1ccc(O)cc1)C(=O)N[C@@H](CC(=O)O)C(=O)N[C@@H](CCCN=C(N)N)C(=O)O. The number of phenols is 3. The Morgan fingerprint density at radius 1 is 0.407 bits per heavy atom. The molecule has 494 valence electrons. The molecule has 0 bridgehead atoms. The van der Waals surface area contributed by atoms with Crippen molar-refractivity contribution in [3.05, 3.63) is 89.5 Å². The third-order valence-corrected chi connectivity index (χ3v) is 13.2. The molecule has 0 spiro atoms. The van der Waals surface area contributed by atoms with Crippen molar-refractivity contribution in [1.82, 2.24) is 47.9 Å². The number of nitrogens with one attached hydrogen (secondary N) is 9. The summed E-state index contributed by atoms with van der Waals surface area (Å²) in [7, 11) is 0. The lowest BCUT2D eigenvalue weighted by Crippen LogP contribution is -2.61. The van der Waals surface area contributed by atoms with E-state index >= 15 is 0 Å². The molecule has 0 unspecified atom stereocenters. The number of aromatic hydroxyl groups is 3. The Bertz CT molecular complexity index is 3130. The zero-order valence-corrected chi connectivity index (χ0v) is 49.0. The summed E-state index contributed by atoms with van der Waals surface area (Å²) in [4.78, 5) is 188. The molecule has 91 heavy (non-hydrogen) atoms. The maximum absolute atomic E-state index is 14.6. The number of carboxylic acid groups (broad SMARTS) is 3. The van der Waals surface area contributed by atoms with Gasteiger partial charge in [-0.1, -0.05) is 36.4 Å². The van der Waals surface area contributed by atoms with E-state index in [0.717, 1.165) is 6.92 Å². The van der Waals surface area contributed by atoms with Crippen LogP contribution < -0.4 is 76.5 Å². The number of nitrogens with zero attached hydrogens (tertiary/aromatic N) is 1. The largest absolute Gasteiger partial charge is 0.508 e. The molecule has 0 fully saturated rings. The van der Waals surface area contributed by atoms with Gasteiger partial charge < -0.3 is 107 Å². The number of carbonyl (C=O) groups is 14. The van der Waals surface area contributed by atoms with Crippen LogP contribution in [-0.2, 0) is 86.4 Å². The number of carbonyl (C=O) groups excluding carboxylic acids is 11. The van der Waals surface area contributed by atoms with Crippen LogP contribution in [0.4, 0.5) is 0 Å². The molecule has 0 aliphatic rings. The molecule has 0 saturated carbocycles. The van der Waals surface area contributed by atoms with Gasteiger partial charge in [-0.15, -0.1) is 0 Å². The number of phenolic OH excluding ortho intramolecular Hbond substituents is 3. The Kier molecular flexibility index (Phi) is 30.0. The summed E-state index contributed by atoms with van der Waals surface area (Å²) in [6.45, 7) is 0.499. The molecule has 3 rings (SSSR count). The average Bonchev–Trinajstić information content (AvgIpc) is 1.49. The third-order valence-electron chi connectivity index (χ3n) is 13.2. The first-order valence-electron chi connectivity index (χ1n) is 27.9. The summed E-state index contributed by atoms with van der Waals surface area (Å²) in [6.07, 6.45) is -6.10. The number of aliphatic carboxylic acids is 3. The van der Waals surface area contributed by atoms with E-state index in [1.54, 1.807) is 0 Å². The van der Waals surface area contributed by atoms with Crippen LogP contribution in [0.5, 0.6) is 17.2 Å². The van der Waals surface area contributed by atoms with Gasteiger partial charge in [0.1, 0.15) is 71.6 Å². The zero-order valence-electron chi connectivity index (χ0n) is 49.0. The zero-order chi connectivity index (χ0) is 68.1. The summed E-state index contributed by atoms with van der Waals surface area (Å²) < 4.78 is 0. The van der Waals surface area contributed by atoms with Crippen molar-refractivity contribution >= 4 is 88.8 Å². The Balaban J connectivity index is 1.97. The molecule has 3 aromatic carbocycles. The Morgan fingerprint density at radius 2 is 0.758 bits per heavy atom. The van der Waals surface area contributed by atoms with Gasteiger partial charge in [-0.2, -0.15) is 0 Å². The summed E-state index contributed by atoms with van der Waals surface area (Å²) in [5.41, 5.74) is 27.7. The van der Waals surface area contributed by atoms with Crippen LogP contribution in [0.2, 0.25) is 0 Å². The maximum Gasteiger partial charge on any atom is 0.326 e. The molecule has 35 heteroatoms. The first kappa shape index (κ1) is 74.1. The minimum Gasteiger partial charge on any atom is -0.508 e. The molecule has 0 radical (unpaired) electrons. The molecular formula is C56H75N15O20. The van der Waals surface area contributed by atoms with E-state index in [2.05, 4.69) is 52.8 Å². The van der Waals surface area contributed by atoms with Crippen LogP contribution in [0.3, 0.4) is 0 Å². The number of rotatable bonds is 39. The summed E-state index contributed by atoms with van der Waals surface area (Å²) >= 11 is 0. The second-order valence-electron chi connectivity index (χ2n) is 20.6. The number of carboxylic acids is 3. The van der Waals surface area contributed by atoms with Crippen LogP contribution in [0, 0.1) is 0 Å². The van der Waals surface area contributed by atoms with Gasteiger partial charge in [0.05, 0.1) is 19.4 Å². The van der Waals surface area contributed by atoms with Gasteiger partial charge in [0.15, 0.2) is 5.96 Å². The number of primary amides is 2. The van der Waals surface area contributed by atoms with Crippen LogP contribution >= 0.6 is 0 Å². The number of benzene rings is 3.